The fraction of sp³-hybridized carbons (Fsp3) is 0.743. The van der Waals surface area contributed by atoms with Gasteiger partial charge in [0.15, 0.2) is 6.10 Å². The van der Waals surface area contributed by atoms with Crippen LogP contribution in [0.1, 0.15) is 335 Å². The summed E-state index contributed by atoms with van der Waals surface area (Å²) in [5.41, 5.74) is 0. The van der Waals surface area contributed by atoms with Crippen LogP contribution in [0, 0.1) is 0 Å². The van der Waals surface area contributed by atoms with Crippen LogP contribution in [0.5, 0.6) is 0 Å². The van der Waals surface area contributed by atoms with E-state index in [0.717, 1.165) is 103 Å². The van der Waals surface area contributed by atoms with Crippen LogP contribution >= 0.6 is 0 Å². The van der Waals surface area contributed by atoms with E-state index in [2.05, 4.69) is 112 Å². The van der Waals surface area contributed by atoms with Crippen molar-refractivity contribution in [3.63, 3.8) is 0 Å². The van der Waals surface area contributed by atoms with Crippen LogP contribution in [-0.4, -0.2) is 37.2 Å². The standard InChI is InChI=1S/C74H128O6/c1-4-7-10-13-16-19-22-25-27-29-30-31-32-33-34-35-36-37-38-39-40-41-42-43-45-46-49-52-55-58-61-64-67-73(76)79-70-71(69-78-72(75)66-63-60-57-54-51-48-24-21-18-15-12-9-6-3)80-74(77)68-65-62-59-56-53-50-47-44-28-26-23-20-17-14-11-8-5-2/h8-9,11-12,17-18,20-21,26,28,47-48,50-51,57,60,71H,4-7,10,13-16,19,22-25,27,29-46,49,52-56,58-59,61-70H2,1-3H3/b11-8-,12-9-,20-17-,21-18-,28-26-,50-47-,51-48-,60-57-. The summed E-state index contributed by atoms with van der Waals surface area (Å²) in [7, 11) is 0. The van der Waals surface area contributed by atoms with E-state index < -0.39 is 6.10 Å². The van der Waals surface area contributed by atoms with E-state index >= 15 is 0 Å². The number of esters is 3. The molecule has 0 rings (SSSR count). The first kappa shape index (κ1) is 76.3. The second-order valence-corrected chi connectivity index (χ2v) is 22.7. The Bertz CT molecular complexity index is 1560. The Hall–Kier alpha value is -3.67. The predicted molar refractivity (Wildman–Crippen MR) is 348 cm³/mol. The quantitative estimate of drug-likeness (QED) is 0.0261. The van der Waals surface area contributed by atoms with E-state index in [-0.39, 0.29) is 44.0 Å². The maximum absolute atomic E-state index is 12.9. The van der Waals surface area contributed by atoms with Crippen LogP contribution < -0.4 is 0 Å². The van der Waals surface area contributed by atoms with Crippen LogP contribution in [0.25, 0.3) is 0 Å². The van der Waals surface area contributed by atoms with Crippen molar-refractivity contribution in [1.29, 1.82) is 0 Å². The Balaban J connectivity index is 4.19. The first-order chi connectivity index (χ1) is 39.5. The number of hydrogen-bond acceptors (Lipinski definition) is 6. The third-order valence-corrected chi connectivity index (χ3v) is 14.8. The number of rotatable bonds is 62. The second kappa shape index (κ2) is 67.8. The molecule has 1 unspecified atom stereocenters. The third-order valence-electron chi connectivity index (χ3n) is 14.8. The summed E-state index contributed by atoms with van der Waals surface area (Å²) in [6.45, 7) is 6.36. The molecule has 0 aliphatic rings. The lowest BCUT2D eigenvalue weighted by Gasteiger charge is -2.18. The van der Waals surface area contributed by atoms with Crippen molar-refractivity contribution in [1.82, 2.24) is 0 Å². The number of allylic oxidation sites excluding steroid dienone is 16. The molecule has 0 bridgehead atoms. The lowest BCUT2D eigenvalue weighted by atomic mass is 10.0. The molecule has 0 aliphatic heterocycles. The minimum Gasteiger partial charge on any atom is -0.462 e. The molecule has 0 fully saturated rings. The van der Waals surface area contributed by atoms with Gasteiger partial charge in [0.25, 0.3) is 0 Å². The third kappa shape index (κ3) is 65.1. The summed E-state index contributed by atoms with van der Waals surface area (Å²) in [6.07, 6.45) is 91.9. The monoisotopic (exact) mass is 1110 g/mol. The first-order valence-corrected chi connectivity index (χ1v) is 34.2. The number of carbonyl (C=O) groups excluding carboxylic acids is 3. The van der Waals surface area contributed by atoms with Crippen LogP contribution in [0.3, 0.4) is 0 Å². The molecule has 0 aliphatic carbocycles. The Labute approximate surface area is 496 Å². The number of ether oxygens (including phenoxy) is 3. The summed E-state index contributed by atoms with van der Waals surface area (Å²) in [5, 5.41) is 0. The normalized spacial score (nSPS) is 12.7. The number of carbonyl (C=O) groups is 3. The van der Waals surface area contributed by atoms with Crippen molar-refractivity contribution in [2.45, 2.75) is 341 Å². The van der Waals surface area contributed by atoms with Crippen molar-refractivity contribution in [2.75, 3.05) is 13.2 Å². The van der Waals surface area contributed by atoms with Gasteiger partial charge in [-0.25, -0.2) is 0 Å². The predicted octanol–water partition coefficient (Wildman–Crippen LogP) is 23.6. The lowest BCUT2D eigenvalue weighted by Crippen LogP contribution is -2.30. The van der Waals surface area contributed by atoms with Crippen molar-refractivity contribution in [3.05, 3.63) is 97.2 Å². The average Bonchev–Trinajstić information content (AvgIpc) is 3.46. The lowest BCUT2D eigenvalue weighted by molar-refractivity contribution is -0.166. The highest BCUT2D eigenvalue weighted by molar-refractivity contribution is 5.71. The van der Waals surface area contributed by atoms with Gasteiger partial charge in [-0.15, -0.1) is 0 Å². The van der Waals surface area contributed by atoms with Gasteiger partial charge in [-0.2, -0.15) is 0 Å². The number of unbranched alkanes of at least 4 members (excludes halogenated alkanes) is 35. The maximum atomic E-state index is 12.9. The van der Waals surface area contributed by atoms with E-state index in [1.165, 1.54) is 186 Å². The van der Waals surface area contributed by atoms with Gasteiger partial charge in [0.2, 0.25) is 0 Å². The van der Waals surface area contributed by atoms with Gasteiger partial charge in [-0.3, -0.25) is 14.4 Å². The van der Waals surface area contributed by atoms with E-state index in [9.17, 15) is 14.4 Å². The molecule has 0 saturated carbocycles. The summed E-state index contributed by atoms with van der Waals surface area (Å²) in [4.78, 5) is 38.2. The molecule has 6 heteroatoms. The minimum absolute atomic E-state index is 0.108. The molecule has 0 amide bonds. The molecule has 0 radical (unpaired) electrons. The maximum Gasteiger partial charge on any atom is 0.306 e. The van der Waals surface area contributed by atoms with Crippen LogP contribution in [-0.2, 0) is 28.6 Å². The molecule has 80 heavy (non-hydrogen) atoms. The molecule has 6 nitrogen and oxygen atoms in total. The second-order valence-electron chi connectivity index (χ2n) is 22.7. The highest BCUT2D eigenvalue weighted by Crippen LogP contribution is 2.18. The van der Waals surface area contributed by atoms with Crippen molar-refractivity contribution in [3.8, 4) is 0 Å². The van der Waals surface area contributed by atoms with Gasteiger partial charge < -0.3 is 14.2 Å². The molecule has 0 aromatic heterocycles. The summed E-state index contributed by atoms with van der Waals surface area (Å²) in [6, 6.07) is 0. The molecule has 0 heterocycles. The van der Waals surface area contributed by atoms with E-state index in [1.807, 2.05) is 6.08 Å². The van der Waals surface area contributed by atoms with Crippen molar-refractivity contribution in [2.24, 2.45) is 0 Å². The van der Waals surface area contributed by atoms with E-state index in [1.54, 1.807) is 0 Å². The molecule has 0 aromatic carbocycles. The largest absolute Gasteiger partial charge is 0.462 e. The smallest absolute Gasteiger partial charge is 0.306 e. The molecule has 0 aromatic rings. The van der Waals surface area contributed by atoms with Gasteiger partial charge in [0, 0.05) is 19.3 Å². The molecule has 460 valence electrons. The van der Waals surface area contributed by atoms with Crippen molar-refractivity contribution < 1.29 is 28.6 Å². The Morgan fingerprint density at radius 2 is 0.512 bits per heavy atom. The summed E-state index contributed by atoms with van der Waals surface area (Å²) in [5.74, 6) is -1.01. The zero-order valence-corrected chi connectivity index (χ0v) is 52.8. The fourth-order valence-corrected chi connectivity index (χ4v) is 9.80. The molecule has 0 spiro atoms. The van der Waals surface area contributed by atoms with Gasteiger partial charge >= 0.3 is 17.9 Å². The summed E-state index contributed by atoms with van der Waals surface area (Å²) >= 11 is 0. The van der Waals surface area contributed by atoms with E-state index in [4.69, 9.17) is 14.2 Å². The Morgan fingerprint density at radius 1 is 0.263 bits per heavy atom. The molecule has 0 N–H and O–H groups in total. The fourth-order valence-electron chi connectivity index (χ4n) is 9.80. The Kier molecular flexibility index (Phi) is 64.7. The first-order valence-electron chi connectivity index (χ1n) is 34.2. The zero-order valence-electron chi connectivity index (χ0n) is 52.8. The molecular weight excluding hydrogens is 985 g/mol. The van der Waals surface area contributed by atoms with E-state index in [0.29, 0.717) is 12.8 Å². The van der Waals surface area contributed by atoms with Crippen LogP contribution in [0.15, 0.2) is 97.2 Å². The summed E-state index contributed by atoms with van der Waals surface area (Å²) < 4.78 is 16.8. The van der Waals surface area contributed by atoms with Gasteiger partial charge in [0.05, 0.1) is 0 Å². The topological polar surface area (TPSA) is 78.9 Å². The van der Waals surface area contributed by atoms with Crippen LogP contribution in [0.2, 0.25) is 0 Å². The van der Waals surface area contributed by atoms with Gasteiger partial charge in [-0.05, 0) is 83.5 Å². The van der Waals surface area contributed by atoms with Gasteiger partial charge in [-0.1, -0.05) is 330 Å². The highest BCUT2D eigenvalue weighted by atomic mass is 16.6. The van der Waals surface area contributed by atoms with Gasteiger partial charge in [0.1, 0.15) is 13.2 Å². The van der Waals surface area contributed by atoms with Crippen molar-refractivity contribution >= 4 is 17.9 Å². The average molecular weight is 1110 g/mol. The minimum atomic E-state index is -0.820. The number of hydrogen-bond donors (Lipinski definition) is 0. The van der Waals surface area contributed by atoms with Crippen LogP contribution in [0.4, 0.5) is 0 Å². The Morgan fingerprint density at radius 3 is 0.838 bits per heavy atom. The molecule has 0 saturated heterocycles. The highest BCUT2D eigenvalue weighted by Gasteiger charge is 2.19. The molecule has 1 atom stereocenters. The zero-order chi connectivity index (χ0) is 57.8. The SMILES string of the molecule is CC/C=C\C/C=C\C/C=C\C/C=C\CCCCCCC(=O)OC(COC(=O)CC/C=C\C/C=C\C/C=C\C/C=C\CC)COC(=O)CCCCCCCCCCCCCCCCCCCCCCCCCCCCCCCCCC. The molecular formula is C74H128O6.